The second-order valence-electron chi connectivity index (χ2n) is 10.3. The standard InChI is InChI=1S/C31H30N4O/c1-21-7-2-3-10-26(21)29-19-34-16-15-22-13-14-25(18-27(22)31(34)33-29)36-24-9-6-8-23(17-24)35-20-32-28-11-4-5-12-30(28)35/h4-6,8-9,11-14,17-21,26H,2-3,7,10,15-16H2,1H3. The van der Waals surface area contributed by atoms with Crippen molar-refractivity contribution in [2.24, 2.45) is 5.92 Å². The van der Waals surface area contributed by atoms with Crippen molar-refractivity contribution in [2.75, 3.05) is 0 Å². The fraction of sp³-hybridized carbons (Fsp3) is 0.290. The number of fused-ring (bicyclic) bond motifs is 4. The lowest BCUT2D eigenvalue weighted by atomic mass is 9.79. The van der Waals surface area contributed by atoms with E-state index in [2.05, 4.69) is 63.6 Å². The number of hydrogen-bond donors (Lipinski definition) is 0. The van der Waals surface area contributed by atoms with Crippen molar-refractivity contribution >= 4 is 11.0 Å². The van der Waals surface area contributed by atoms with E-state index in [0.29, 0.717) is 11.8 Å². The number of ether oxygens (including phenoxy) is 1. The first-order valence-electron chi connectivity index (χ1n) is 13.1. The van der Waals surface area contributed by atoms with Crippen molar-refractivity contribution < 1.29 is 4.74 Å². The quantitative estimate of drug-likeness (QED) is 0.270. The molecule has 0 radical (unpaired) electrons. The molecule has 2 aromatic heterocycles. The summed E-state index contributed by atoms with van der Waals surface area (Å²) in [7, 11) is 0. The Morgan fingerprint density at radius 2 is 1.81 bits per heavy atom. The van der Waals surface area contributed by atoms with Crippen LogP contribution >= 0.6 is 0 Å². The largest absolute Gasteiger partial charge is 0.457 e. The van der Waals surface area contributed by atoms with Crippen LogP contribution in [-0.2, 0) is 13.0 Å². The molecular formula is C31H30N4O. The maximum absolute atomic E-state index is 6.38. The first-order valence-corrected chi connectivity index (χ1v) is 13.1. The zero-order valence-electron chi connectivity index (χ0n) is 20.6. The number of rotatable bonds is 4. The molecule has 7 rings (SSSR count). The van der Waals surface area contributed by atoms with E-state index < -0.39 is 0 Å². The lowest BCUT2D eigenvalue weighted by Gasteiger charge is -2.27. The molecule has 2 atom stereocenters. The summed E-state index contributed by atoms with van der Waals surface area (Å²) in [5.41, 5.74) is 6.92. The summed E-state index contributed by atoms with van der Waals surface area (Å²) in [6.45, 7) is 3.39. The van der Waals surface area contributed by atoms with Gasteiger partial charge in [0.25, 0.3) is 0 Å². The molecule has 2 unspecified atom stereocenters. The maximum Gasteiger partial charge on any atom is 0.140 e. The summed E-state index contributed by atoms with van der Waals surface area (Å²) in [5, 5.41) is 0. The predicted molar refractivity (Wildman–Crippen MR) is 143 cm³/mol. The molecule has 0 spiro atoms. The average molecular weight is 475 g/mol. The van der Waals surface area contributed by atoms with Gasteiger partial charge in [0.1, 0.15) is 23.7 Å². The number of benzene rings is 3. The molecule has 1 saturated carbocycles. The van der Waals surface area contributed by atoms with Gasteiger partial charge >= 0.3 is 0 Å². The van der Waals surface area contributed by atoms with Crippen molar-refractivity contribution in [2.45, 2.75) is 51.5 Å². The topological polar surface area (TPSA) is 44.9 Å². The van der Waals surface area contributed by atoms with Gasteiger partial charge in [0.15, 0.2) is 0 Å². The molecular weight excluding hydrogens is 444 g/mol. The van der Waals surface area contributed by atoms with Crippen molar-refractivity contribution in [3.8, 4) is 28.6 Å². The Balaban J connectivity index is 1.19. The summed E-state index contributed by atoms with van der Waals surface area (Å²) in [6, 6.07) is 22.8. The molecule has 3 heterocycles. The molecule has 2 aliphatic rings. The molecule has 0 N–H and O–H groups in total. The van der Waals surface area contributed by atoms with Crippen LogP contribution in [0.1, 0.15) is 49.8 Å². The molecule has 180 valence electrons. The molecule has 5 nitrogen and oxygen atoms in total. The van der Waals surface area contributed by atoms with Crippen LogP contribution in [0.2, 0.25) is 0 Å². The lowest BCUT2D eigenvalue weighted by Crippen LogP contribution is -2.15. The molecule has 36 heavy (non-hydrogen) atoms. The van der Waals surface area contributed by atoms with Gasteiger partial charge in [-0.15, -0.1) is 0 Å². The van der Waals surface area contributed by atoms with E-state index in [-0.39, 0.29) is 0 Å². The minimum absolute atomic E-state index is 0.585. The number of para-hydroxylation sites is 2. The van der Waals surface area contributed by atoms with Gasteiger partial charge < -0.3 is 9.30 Å². The van der Waals surface area contributed by atoms with Crippen LogP contribution in [0.25, 0.3) is 28.1 Å². The molecule has 0 bridgehead atoms. The molecule has 5 aromatic rings. The predicted octanol–water partition coefficient (Wildman–Crippen LogP) is 7.53. The number of nitrogens with zero attached hydrogens (tertiary/aromatic N) is 4. The van der Waals surface area contributed by atoms with Gasteiger partial charge in [-0.25, -0.2) is 9.97 Å². The van der Waals surface area contributed by atoms with Crippen LogP contribution in [0.3, 0.4) is 0 Å². The highest BCUT2D eigenvalue weighted by Crippen LogP contribution is 2.40. The summed E-state index contributed by atoms with van der Waals surface area (Å²) in [4.78, 5) is 9.72. The normalized spacial score (nSPS) is 19.1. The van der Waals surface area contributed by atoms with Crippen LogP contribution in [0.5, 0.6) is 11.5 Å². The summed E-state index contributed by atoms with van der Waals surface area (Å²) >= 11 is 0. The fourth-order valence-corrected chi connectivity index (χ4v) is 6.04. The molecule has 1 aliphatic heterocycles. The van der Waals surface area contributed by atoms with E-state index in [1.807, 2.05) is 36.7 Å². The van der Waals surface area contributed by atoms with Crippen LogP contribution in [0, 0.1) is 5.92 Å². The molecule has 0 amide bonds. The van der Waals surface area contributed by atoms with Gasteiger partial charge in [-0.2, -0.15) is 0 Å². The summed E-state index contributed by atoms with van der Waals surface area (Å²) in [6.07, 6.45) is 10.5. The van der Waals surface area contributed by atoms with Crippen LogP contribution in [0.4, 0.5) is 0 Å². The van der Waals surface area contributed by atoms with E-state index in [1.165, 1.54) is 42.5 Å². The molecule has 1 fully saturated rings. The second-order valence-corrected chi connectivity index (χ2v) is 10.3. The minimum atomic E-state index is 0.585. The van der Waals surface area contributed by atoms with Gasteiger partial charge in [0, 0.05) is 30.3 Å². The first-order chi connectivity index (χ1) is 17.7. The molecule has 0 saturated heterocycles. The third-order valence-electron chi connectivity index (χ3n) is 8.02. The Kier molecular flexibility index (Phi) is 5.16. The van der Waals surface area contributed by atoms with E-state index in [1.54, 1.807) is 0 Å². The summed E-state index contributed by atoms with van der Waals surface area (Å²) in [5.74, 6) is 4.03. The van der Waals surface area contributed by atoms with Crippen LogP contribution in [-0.4, -0.2) is 19.1 Å². The van der Waals surface area contributed by atoms with E-state index in [4.69, 9.17) is 9.72 Å². The van der Waals surface area contributed by atoms with Gasteiger partial charge in [0.05, 0.1) is 22.4 Å². The Hall–Kier alpha value is -3.86. The van der Waals surface area contributed by atoms with E-state index in [0.717, 1.165) is 47.0 Å². The van der Waals surface area contributed by atoms with Gasteiger partial charge in [0.2, 0.25) is 0 Å². The number of imidazole rings is 2. The number of aryl methyl sites for hydroxylation is 2. The molecule has 1 aliphatic carbocycles. The Bertz CT molecular complexity index is 1560. The Morgan fingerprint density at radius 3 is 2.75 bits per heavy atom. The smallest absolute Gasteiger partial charge is 0.140 e. The van der Waals surface area contributed by atoms with Gasteiger partial charge in [-0.05, 0) is 60.7 Å². The highest BCUT2D eigenvalue weighted by atomic mass is 16.5. The number of aromatic nitrogens is 4. The Morgan fingerprint density at radius 1 is 0.917 bits per heavy atom. The lowest BCUT2D eigenvalue weighted by molar-refractivity contribution is 0.326. The minimum Gasteiger partial charge on any atom is -0.457 e. The van der Waals surface area contributed by atoms with Crippen molar-refractivity contribution in [3.63, 3.8) is 0 Å². The average Bonchev–Trinajstić information content (AvgIpc) is 3.54. The molecule has 3 aromatic carbocycles. The maximum atomic E-state index is 6.38. The van der Waals surface area contributed by atoms with E-state index in [9.17, 15) is 0 Å². The highest BCUT2D eigenvalue weighted by Gasteiger charge is 2.28. The molecule has 5 heteroatoms. The monoisotopic (exact) mass is 474 g/mol. The second kappa shape index (κ2) is 8.66. The van der Waals surface area contributed by atoms with Crippen molar-refractivity contribution in [1.82, 2.24) is 19.1 Å². The van der Waals surface area contributed by atoms with Gasteiger partial charge in [-0.1, -0.05) is 50.5 Å². The van der Waals surface area contributed by atoms with E-state index >= 15 is 0 Å². The third-order valence-corrected chi connectivity index (χ3v) is 8.02. The zero-order valence-corrected chi connectivity index (χ0v) is 20.6. The zero-order chi connectivity index (χ0) is 24.1. The van der Waals surface area contributed by atoms with Crippen LogP contribution in [0.15, 0.2) is 79.3 Å². The Labute approximate surface area is 211 Å². The van der Waals surface area contributed by atoms with Crippen LogP contribution < -0.4 is 4.74 Å². The third kappa shape index (κ3) is 3.70. The first kappa shape index (κ1) is 21.4. The van der Waals surface area contributed by atoms with Gasteiger partial charge in [-0.3, -0.25) is 4.57 Å². The summed E-state index contributed by atoms with van der Waals surface area (Å²) < 4.78 is 10.8. The van der Waals surface area contributed by atoms with Crippen molar-refractivity contribution in [3.05, 3.63) is 90.5 Å². The highest BCUT2D eigenvalue weighted by molar-refractivity contribution is 5.77. The fourth-order valence-electron chi connectivity index (χ4n) is 6.04. The SMILES string of the molecule is CC1CCCCC1c1cn2c(n1)-c1cc(Oc3cccc(-n4cnc5ccccc54)c3)ccc1CC2. The van der Waals surface area contributed by atoms with Crippen molar-refractivity contribution in [1.29, 1.82) is 0 Å². The number of hydrogen-bond acceptors (Lipinski definition) is 3.